The summed E-state index contributed by atoms with van der Waals surface area (Å²) in [7, 11) is 4.01. The number of nitrogens with zero attached hydrogens (tertiary/aromatic N) is 3. The Bertz CT molecular complexity index is 391. The van der Waals surface area contributed by atoms with Crippen molar-refractivity contribution in [2.45, 2.75) is 25.4 Å². The number of likely N-dealkylation sites (N-methyl/N-ethyl adjacent to an activating group) is 1. The van der Waals surface area contributed by atoms with Crippen molar-refractivity contribution >= 4 is 5.69 Å². The second kappa shape index (κ2) is 5.24. The number of anilines is 1. The largest absolute Gasteiger partial charge is 0.387 e. The highest BCUT2D eigenvalue weighted by atomic mass is 16.3. The van der Waals surface area contributed by atoms with Crippen LogP contribution in [0.3, 0.4) is 0 Å². The van der Waals surface area contributed by atoms with Gasteiger partial charge in [0.15, 0.2) is 0 Å². The van der Waals surface area contributed by atoms with E-state index in [0.29, 0.717) is 13.1 Å². The standard InChI is InChI=1S/C14H23N3O/c1-12-5-6-13(9-15-12)17-8-4-7-14(18,11-17)10-16(2)3/h5-6,9,18H,4,7-8,10-11H2,1-3H3. The molecule has 2 heterocycles. The highest BCUT2D eigenvalue weighted by molar-refractivity contribution is 5.45. The number of aliphatic hydroxyl groups is 1. The lowest BCUT2D eigenvalue weighted by molar-refractivity contribution is 0.00369. The first-order chi connectivity index (χ1) is 8.48. The Morgan fingerprint density at radius 2 is 2.22 bits per heavy atom. The minimum absolute atomic E-state index is 0.605. The fourth-order valence-corrected chi connectivity index (χ4v) is 2.70. The van der Waals surface area contributed by atoms with Gasteiger partial charge in [0.25, 0.3) is 0 Å². The van der Waals surface area contributed by atoms with Gasteiger partial charge in [-0.3, -0.25) is 4.98 Å². The van der Waals surface area contributed by atoms with E-state index in [1.165, 1.54) is 0 Å². The van der Waals surface area contributed by atoms with Crippen LogP contribution in [0.15, 0.2) is 18.3 Å². The zero-order valence-electron chi connectivity index (χ0n) is 11.6. The number of rotatable bonds is 3. The average Bonchev–Trinajstić information content (AvgIpc) is 2.28. The van der Waals surface area contributed by atoms with Crippen LogP contribution in [0.1, 0.15) is 18.5 Å². The van der Waals surface area contributed by atoms with Crippen molar-refractivity contribution in [2.75, 3.05) is 38.6 Å². The SMILES string of the molecule is Cc1ccc(N2CCCC(O)(CN(C)C)C2)cn1. The van der Waals surface area contributed by atoms with Crippen LogP contribution in [0.2, 0.25) is 0 Å². The van der Waals surface area contributed by atoms with Crippen molar-refractivity contribution in [3.8, 4) is 0 Å². The Labute approximate surface area is 109 Å². The van der Waals surface area contributed by atoms with E-state index in [2.05, 4.69) is 20.9 Å². The summed E-state index contributed by atoms with van der Waals surface area (Å²) in [5, 5.41) is 10.6. The molecule has 4 nitrogen and oxygen atoms in total. The minimum atomic E-state index is -0.605. The number of piperidine rings is 1. The van der Waals surface area contributed by atoms with Crippen LogP contribution < -0.4 is 4.90 Å². The number of hydrogen-bond donors (Lipinski definition) is 1. The zero-order chi connectivity index (χ0) is 13.2. The van der Waals surface area contributed by atoms with Gasteiger partial charge in [-0.15, -0.1) is 0 Å². The molecule has 100 valence electrons. The number of hydrogen-bond acceptors (Lipinski definition) is 4. The Balaban J connectivity index is 2.08. The first-order valence-corrected chi connectivity index (χ1v) is 6.53. The predicted molar refractivity (Wildman–Crippen MR) is 73.9 cm³/mol. The summed E-state index contributed by atoms with van der Waals surface area (Å²) in [5.74, 6) is 0. The number of β-amino-alcohol motifs (C(OH)–C–C–N with tert-alkyl or cyclic N) is 1. The van der Waals surface area contributed by atoms with E-state index in [0.717, 1.165) is 30.8 Å². The summed E-state index contributed by atoms with van der Waals surface area (Å²) in [6.07, 6.45) is 3.80. The predicted octanol–water partition coefficient (Wildman–Crippen LogP) is 1.28. The summed E-state index contributed by atoms with van der Waals surface area (Å²) in [5.41, 5.74) is 1.53. The Kier molecular flexibility index (Phi) is 3.88. The molecule has 1 unspecified atom stereocenters. The van der Waals surface area contributed by atoms with Crippen LogP contribution in [0.4, 0.5) is 5.69 Å². The molecule has 0 aromatic carbocycles. The zero-order valence-corrected chi connectivity index (χ0v) is 11.6. The van der Waals surface area contributed by atoms with Gasteiger partial charge in [0.1, 0.15) is 0 Å². The van der Waals surface area contributed by atoms with Gasteiger partial charge in [0, 0.05) is 25.3 Å². The molecule has 0 aliphatic carbocycles. The molecule has 18 heavy (non-hydrogen) atoms. The van der Waals surface area contributed by atoms with Gasteiger partial charge in [-0.25, -0.2) is 0 Å². The van der Waals surface area contributed by atoms with E-state index in [4.69, 9.17) is 0 Å². The highest BCUT2D eigenvalue weighted by Gasteiger charge is 2.33. The van der Waals surface area contributed by atoms with Gasteiger partial charge < -0.3 is 14.9 Å². The van der Waals surface area contributed by atoms with Gasteiger partial charge in [0.05, 0.1) is 17.5 Å². The number of aromatic nitrogens is 1. The molecular formula is C14H23N3O. The maximum Gasteiger partial charge on any atom is 0.0948 e. The molecule has 0 amide bonds. The van der Waals surface area contributed by atoms with E-state index in [-0.39, 0.29) is 0 Å². The maximum absolute atomic E-state index is 10.6. The van der Waals surface area contributed by atoms with Crippen LogP contribution >= 0.6 is 0 Å². The molecule has 1 aromatic heterocycles. The lowest BCUT2D eigenvalue weighted by atomic mass is 9.92. The molecule has 4 heteroatoms. The first-order valence-electron chi connectivity index (χ1n) is 6.53. The third-order valence-electron chi connectivity index (χ3n) is 3.43. The number of pyridine rings is 1. The Hall–Kier alpha value is -1.13. The van der Waals surface area contributed by atoms with Crippen molar-refractivity contribution in [3.63, 3.8) is 0 Å². The molecule has 0 spiro atoms. The van der Waals surface area contributed by atoms with Gasteiger partial charge in [-0.2, -0.15) is 0 Å². The summed E-state index contributed by atoms with van der Waals surface area (Å²) >= 11 is 0. The van der Waals surface area contributed by atoms with Crippen LogP contribution in [-0.2, 0) is 0 Å². The van der Waals surface area contributed by atoms with E-state index in [1.54, 1.807) is 0 Å². The molecule has 0 saturated carbocycles. The molecule has 2 rings (SSSR count). The molecule has 1 aliphatic heterocycles. The van der Waals surface area contributed by atoms with Gasteiger partial charge >= 0.3 is 0 Å². The molecule has 1 saturated heterocycles. The normalized spacial score (nSPS) is 24.6. The fraction of sp³-hybridized carbons (Fsp3) is 0.643. The summed E-state index contributed by atoms with van der Waals surface area (Å²) in [4.78, 5) is 8.62. The topological polar surface area (TPSA) is 39.6 Å². The van der Waals surface area contributed by atoms with Gasteiger partial charge in [-0.05, 0) is 46.0 Å². The molecule has 1 N–H and O–H groups in total. The second-order valence-corrected chi connectivity index (χ2v) is 5.65. The smallest absolute Gasteiger partial charge is 0.0948 e. The molecule has 0 bridgehead atoms. The average molecular weight is 249 g/mol. The van der Waals surface area contributed by atoms with Crippen LogP contribution in [0.25, 0.3) is 0 Å². The van der Waals surface area contributed by atoms with Gasteiger partial charge in [-0.1, -0.05) is 0 Å². The quantitative estimate of drug-likeness (QED) is 0.876. The molecule has 1 aliphatic rings. The van der Waals surface area contributed by atoms with Crippen molar-refractivity contribution in [3.05, 3.63) is 24.0 Å². The molecule has 1 fully saturated rings. The van der Waals surface area contributed by atoms with Crippen molar-refractivity contribution in [1.29, 1.82) is 0 Å². The lowest BCUT2D eigenvalue weighted by Crippen LogP contribution is -2.53. The van der Waals surface area contributed by atoms with Gasteiger partial charge in [0.2, 0.25) is 0 Å². The molecular weight excluding hydrogens is 226 g/mol. The lowest BCUT2D eigenvalue weighted by Gasteiger charge is -2.41. The molecule has 0 radical (unpaired) electrons. The summed E-state index contributed by atoms with van der Waals surface area (Å²) in [6.45, 7) is 4.39. The monoisotopic (exact) mass is 249 g/mol. The second-order valence-electron chi connectivity index (χ2n) is 5.65. The van der Waals surface area contributed by atoms with Crippen molar-refractivity contribution in [2.24, 2.45) is 0 Å². The van der Waals surface area contributed by atoms with E-state index >= 15 is 0 Å². The van der Waals surface area contributed by atoms with Crippen LogP contribution in [0.5, 0.6) is 0 Å². The van der Waals surface area contributed by atoms with Crippen LogP contribution in [-0.4, -0.2) is 54.3 Å². The third-order valence-corrected chi connectivity index (χ3v) is 3.43. The summed E-state index contributed by atoms with van der Waals surface area (Å²) < 4.78 is 0. The third kappa shape index (κ3) is 3.21. The fourth-order valence-electron chi connectivity index (χ4n) is 2.70. The number of aryl methyl sites for hydroxylation is 1. The maximum atomic E-state index is 10.6. The first kappa shape index (κ1) is 13.3. The van der Waals surface area contributed by atoms with E-state index in [1.807, 2.05) is 33.3 Å². The van der Waals surface area contributed by atoms with E-state index in [9.17, 15) is 5.11 Å². The highest BCUT2D eigenvalue weighted by Crippen LogP contribution is 2.26. The minimum Gasteiger partial charge on any atom is -0.387 e. The Morgan fingerprint density at radius 3 is 2.83 bits per heavy atom. The molecule has 1 atom stereocenters. The van der Waals surface area contributed by atoms with E-state index < -0.39 is 5.60 Å². The Morgan fingerprint density at radius 1 is 1.44 bits per heavy atom. The molecule has 1 aromatic rings. The van der Waals surface area contributed by atoms with Crippen LogP contribution in [0, 0.1) is 6.92 Å². The van der Waals surface area contributed by atoms with Crippen molar-refractivity contribution in [1.82, 2.24) is 9.88 Å². The summed E-state index contributed by atoms with van der Waals surface area (Å²) in [6, 6.07) is 4.11. The van der Waals surface area contributed by atoms with Crippen molar-refractivity contribution < 1.29 is 5.11 Å².